The summed E-state index contributed by atoms with van der Waals surface area (Å²) < 4.78 is 0. The van der Waals surface area contributed by atoms with E-state index in [1.807, 2.05) is 61.5 Å². The van der Waals surface area contributed by atoms with Crippen LogP contribution in [0.5, 0.6) is 0 Å². The van der Waals surface area contributed by atoms with E-state index in [1.54, 1.807) is 6.08 Å². The van der Waals surface area contributed by atoms with Gasteiger partial charge in [0, 0.05) is 5.69 Å². The zero-order valence-electron chi connectivity index (χ0n) is 14.3. The largest absolute Gasteiger partial charge is 0.321 e. The summed E-state index contributed by atoms with van der Waals surface area (Å²) in [5.41, 5.74) is 3.96. The molecule has 0 saturated heterocycles. The molecule has 0 aliphatic rings. The van der Waals surface area contributed by atoms with Crippen LogP contribution in [0, 0.1) is 11.3 Å². The topological polar surface area (TPSA) is 52.9 Å². The normalized spacial score (nSPS) is 11.2. The summed E-state index contributed by atoms with van der Waals surface area (Å²) in [6.45, 7) is 6.29. The van der Waals surface area contributed by atoms with Crippen LogP contribution in [-0.4, -0.2) is 5.91 Å². The first-order valence-corrected chi connectivity index (χ1v) is 8.16. The number of carbonyl (C=O) groups is 1. The molecule has 2 aromatic rings. The second-order valence-corrected chi connectivity index (χ2v) is 5.96. The van der Waals surface area contributed by atoms with Crippen molar-refractivity contribution in [3.63, 3.8) is 0 Å². The third-order valence-corrected chi connectivity index (χ3v) is 3.93. The number of carbonyl (C=O) groups excluding carboxylic acids is 1. The number of nitrogens with zero attached hydrogens (tertiary/aromatic N) is 1. The van der Waals surface area contributed by atoms with Crippen LogP contribution in [0.3, 0.4) is 0 Å². The number of nitriles is 1. The molecule has 0 spiro atoms. The minimum absolute atomic E-state index is 0.0956. The van der Waals surface area contributed by atoms with Crippen LogP contribution in [0.2, 0.25) is 0 Å². The van der Waals surface area contributed by atoms with Gasteiger partial charge in [-0.25, -0.2) is 0 Å². The first-order chi connectivity index (χ1) is 11.5. The van der Waals surface area contributed by atoms with E-state index in [2.05, 4.69) is 19.2 Å². The van der Waals surface area contributed by atoms with Gasteiger partial charge in [-0.05, 0) is 41.2 Å². The molecule has 0 bridgehead atoms. The second kappa shape index (κ2) is 8.12. The molecular weight excluding hydrogens is 296 g/mol. The molecule has 0 atom stereocenters. The highest BCUT2D eigenvalue weighted by atomic mass is 16.1. The van der Waals surface area contributed by atoms with Gasteiger partial charge in [-0.3, -0.25) is 4.79 Å². The molecule has 3 nitrogen and oxygen atoms in total. The first-order valence-electron chi connectivity index (χ1n) is 8.16. The molecule has 2 aromatic carbocycles. The maximum atomic E-state index is 12.4. The molecule has 1 amide bonds. The summed E-state index contributed by atoms with van der Waals surface area (Å²) in [5.74, 6) is 0.0682. The van der Waals surface area contributed by atoms with Gasteiger partial charge in [-0.2, -0.15) is 5.26 Å². The minimum atomic E-state index is -0.383. The van der Waals surface area contributed by atoms with Gasteiger partial charge >= 0.3 is 0 Å². The van der Waals surface area contributed by atoms with Gasteiger partial charge in [-0.15, -0.1) is 0 Å². The van der Waals surface area contributed by atoms with Gasteiger partial charge in [0.25, 0.3) is 5.91 Å². The van der Waals surface area contributed by atoms with Crippen LogP contribution in [0.4, 0.5) is 5.69 Å². The predicted octanol–water partition coefficient (Wildman–Crippen LogP) is 4.92. The van der Waals surface area contributed by atoms with Crippen molar-refractivity contribution in [2.75, 3.05) is 5.32 Å². The molecular formula is C21H22N2O. The third kappa shape index (κ3) is 4.33. The smallest absolute Gasteiger partial charge is 0.266 e. The van der Waals surface area contributed by atoms with Crippen LogP contribution < -0.4 is 5.32 Å². The van der Waals surface area contributed by atoms with Crippen LogP contribution in [0.25, 0.3) is 6.08 Å². The molecule has 0 fully saturated rings. The Bertz CT molecular complexity index is 780. The van der Waals surface area contributed by atoms with Crippen molar-refractivity contribution in [3.8, 4) is 6.07 Å². The van der Waals surface area contributed by atoms with E-state index in [0.717, 1.165) is 23.2 Å². The van der Waals surface area contributed by atoms with E-state index in [4.69, 9.17) is 0 Å². The first kappa shape index (κ1) is 17.5. The minimum Gasteiger partial charge on any atom is -0.321 e. The summed E-state index contributed by atoms with van der Waals surface area (Å²) in [6.07, 6.45) is 2.44. The molecule has 0 aliphatic carbocycles. The number of nitrogens with one attached hydrogen (secondary N) is 1. The molecule has 0 unspecified atom stereocenters. The van der Waals surface area contributed by atoms with Crippen LogP contribution in [0.1, 0.15) is 43.4 Å². The zero-order valence-corrected chi connectivity index (χ0v) is 14.3. The van der Waals surface area contributed by atoms with Crippen LogP contribution >= 0.6 is 0 Å². The summed E-state index contributed by atoms with van der Waals surface area (Å²) in [6, 6.07) is 17.5. The number of hydrogen-bond acceptors (Lipinski definition) is 2. The summed E-state index contributed by atoms with van der Waals surface area (Å²) in [4.78, 5) is 12.4. The highest BCUT2D eigenvalue weighted by Crippen LogP contribution is 2.18. The summed E-state index contributed by atoms with van der Waals surface area (Å²) in [5, 5.41) is 12.2. The molecule has 0 aromatic heterocycles. The quantitative estimate of drug-likeness (QED) is 0.628. The lowest BCUT2D eigenvalue weighted by molar-refractivity contribution is -0.112. The Balaban J connectivity index is 2.21. The Morgan fingerprint density at radius 1 is 1.17 bits per heavy atom. The molecule has 122 valence electrons. The van der Waals surface area contributed by atoms with Gasteiger partial charge in [0.15, 0.2) is 0 Å². The lowest BCUT2D eigenvalue weighted by Gasteiger charge is -2.09. The number of amides is 1. The van der Waals surface area contributed by atoms with Gasteiger partial charge in [0.05, 0.1) is 0 Å². The highest BCUT2D eigenvalue weighted by molar-refractivity contribution is 6.09. The van der Waals surface area contributed by atoms with Crippen molar-refractivity contribution in [1.29, 1.82) is 5.26 Å². The van der Waals surface area contributed by atoms with Gasteiger partial charge in [-0.1, -0.05) is 63.2 Å². The Morgan fingerprint density at radius 3 is 2.42 bits per heavy atom. The second-order valence-electron chi connectivity index (χ2n) is 5.96. The summed E-state index contributed by atoms with van der Waals surface area (Å²) >= 11 is 0. The van der Waals surface area contributed by atoms with E-state index >= 15 is 0 Å². The van der Waals surface area contributed by atoms with Crippen LogP contribution in [-0.2, 0) is 11.2 Å². The van der Waals surface area contributed by atoms with E-state index in [-0.39, 0.29) is 11.5 Å². The monoisotopic (exact) mass is 318 g/mol. The maximum Gasteiger partial charge on any atom is 0.266 e. The molecule has 0 radical (unpaired) electrons. The lowest BCUT2D eigenvalue weighted by Crippen LogP contribution is -2.14. The fourth-order valence-electron chi connectivity index (χ4n) is 2.43. The molecule has 24 heavy (non-hydrogen) atoms. The van der Waals surface area contributed by atoms with E-state index in [0.29, 0.717) is 5.92 Å². The van der Waals surface area contributed by atoms with Crippen molar-refractivity contribution in [2.24, 2.45) is 0 Å². The van der Waals surface area contributed by atoms with Crippen molar-refractivity contribution < 1.29 is 4.79 Å². The van der Waals surface area contributed by atoms with Gasteiger partial charge in [0.1, 0.15) is 11.6 Å². The average molecular weight is 318 g/mol. The molecule has 0 aliphatic heterocycles. The molecule has 3 heteroatoms. The van der Waals surface area contributed by atoms with E-state index < -0.39 is 0 Å². The number of anilines is 1. The Hall–Kier alpha value is -2.86. The molecule has 2 rings (SSSR count). The summed E-state index contributed by atoms with van der Waals surface area (Å²) in [7, 11) is 0. The van der Waals surface area contributed by atoms with E-state index in [1.165, 1.54) is 5.56 Å². The van der Waals surface area contributed by atoms with Crippen molar-refractivity contribution >= 4 is 17.7 Å². The van der Waals surface area contributed by atoms with E-state index in [9.17, 15) is 10.1 Å². The Labute approximate surface area is 143 Å². The van der Waals surface area contributed by atoms with Crippen LogP contribution in [0.15, 0.2) is 54.1 Å². The van der Waals surface area contributed by atoms with Gasteiger partial charge in [0.2, 0.25) is 0 Å². The maximum absolute atomic E-state index is 12.4. The average Bonchev–Trinajstić information content (AvgIpc) is 2.60. The number of benzene rings is 2. The predicted molar refractivity (Wildman–Crippen MR) is 98.6 cm³/mol. The Morgan fingerprint density at radius 2 is 1.83 bits per heavy atom. The standard InChI is InChI=1S/C21H22N2O/c1-4-17-7-5-6-8-20(17)23-21(24)19(14-22)13-16-9-11-18(12-10-16)15(2)3/h5-13,15H,4H2,1-3H3,(H,23,24). The molecule has 1 N–H and O–H groups in total. The highest BCUT2D eigenvalue weighted by Gasteiger charge is 2.11. The van der Waals surface area contributed by atoms with Crippen molar-refractivity contribution in [3.05, 3.63) is 70.8 Å². The third-order valence-electron chi connectivity index (χ3n) is 3.93. The van der Waals surface area contributed by atoms with Crippen molar-refractivity contribution in [2.45, 2.75) is 33.1 Å². The lowest BCUT2D eigenvalue weighted by atomic mass is 10.0. The number of rotatable bonds is 5. The number of hydrogen-bond donors (Lipinski definition) is 1. The van der Waals surface area contributed by atoms with Gasteiger partial charge < -0.3 is 5.32 Å². The fourth-order valence-corrected chi connectivity index (χ4v) is 2.43. The number of para-hydroxylation sites is 1. The molecule has 0 heterocycles. The fraction of sp³-hybridized carbons (Fsp3) is 0.238. The van der Waals surface area contributed by atoms with Crippen molar-refractivity contribution in [1.82, 2.24) is 0 Å². The number of aryl methyl sites for hydroxylation is 1. The Kier molecular flexibility index (Phi) is 5.92. The SMILES string of the molecule is CCc1ccccc1NC(=O)C(C#N)=Cc1ccc(C(C)C)cc1. The zero-order chi connectivity index (χ0) is 17.5. The molecule has 0 saturated carbocycles.